The summed E-state index contributed by atoms with van der Waals surface area (Å²) in [4.78, 5) is 22.4. The molecule has 0 spiro atoms. The van der Waals surface area contributed by atoms with Crippen molar-refractivity contribution in [2.24, 2.45) is 7.05 Å². The Kier molecular flexibility index (Phi) is 4.36. The number of likely N-dealkylation sites (N-methyl/N-ethyl adjacent to an activating group) is 1. The average molecular weight is 403 g/mol. The molecule has 7 heteroatoms. The molecule has 0 aliphatic carbocycles. The monoisotopic (exact) mass is 402 g/mol. The van der Waals surface area contributed by atoms with Gasteiger partial charge in [-0.25, -0.2) is 4.98 Å². The van der Waals surface area contributed by atoms with Gasteiger partial charge in [0, 0.05) is 62.1 Å². The molecule has 0 bridgehead atoms. The predicted molar refractivity (Wildman–Crippen MR) is 120 cm³/mol. The number of fused-ring (bicyclic) bond motifs is 2. The number of aromatic nitrogens is 4. The molecule has 30 heavy (non-hydrogen) atoms. The Morgan fingerprint density at radius 3 is 2.70 bits per heavy atom. The van der Waals surface area contributed by atoms with Crippen molar-refractivity contribution in [3.63, 3.8) is 0 Å². The van der Waals surface area contributed by atoms with Gasteiger partial charge in [-0.15, -0.1) is 0 Å². The van der Waals surface area contributed by atoms with Gasteiger partial charge in [-0.05, 0) is 50.7 Å². The summed E-state index contributed by atoms with van der Waals surface area (Å²) in [7, 11) is 4.07. The lowest BCUT2D eigenvalue weighted by Gasteiger charge is -2.39. The number of benzene rings is 1. The van der Waals surface area contributed by atoms with E-state index in [1.54, 1.807) is 10.5 Å². The normalized spacial score (nSPS) is 17.9. The van der Waals surface area contributed by atoms with Crippen LogP contribution >= 0.6 is 0 Å². The van der Waals surface area contributed by atoms with Crippen LogP contribution in [0.4, 0.5) is 5.69 Å². The van der Waals surface area contributed by atoms with E-state index in [0.717, 1.165) is 47.4 Å². The van der Waals surface area contributed by atoms with Crippen LogP contribution in [0.25, 0.3) is 27.8 Å². The zero-order chi connectivity index (χ0) is 21.0. The van der Waals surface area contributed by atoms with Crippen molar-refractivity contribution in [1.82, 2.24) is 24.1 Å². The van der Waals surface area contributed by atoms with Crippen molar-refractivity contribution >= 4 is 22.2 Å². The van der Waals surface area contributed by atoms with Gasteiger partial charge in [-0.1, -0.05) is 0 Å². The molecule has 1 fully saturated rings. The molecule has 1 aromatic carbocycles. The first-order valence-corrected chi connectivity index (χ1v) is 10.3. The zero-order valence-electron chi connectivity index (χ0n) is 17.8. The fourth-order valence-electron chi connectivity index (χ4n) is 4.29. The minimum atomic E-state index is -0.0667. The number of rotatable bonds is 2. The Balaban J connectivity index is 1.56. The Bertz CT molecular complexity index is 1320. The van der Waals surface area contributed by atoms with Crippen molar-refractivity contribution in [1.29, 1.82) is 0 Å². The lowest BCUT2D eigenvalue weighted by molar-refractivity contribution is 0.234. The highest BCUT2D eigenvalue weighted by atomic mass is 16.1. The molecule has 7 nitrogen and oxygen atoms in total. The number of pyridine rings is 1. The van der Waals surface area contributed by atoms with Gasteiger partial charge in [0.05, 0.1) is 16.9 Å². The molecule has 1 saturated heterocycles. The van der Waals surface area contributed by atoms with Crippen LogP contribution in [-0.4, -0.2) is 56.8 Å². The van der Waals surface area contributed by atoms with Crippen molar-refractivity contribution in [3.8, 4) is 11.3 Å². The molecule has 0 amide bonds. The maximum Gasteiger partial charge on any atom is 0.258 e. The molecular weight excluding hydrogens is 376 g/mol. The first kappa shape index (κ1) is 18.8. The fourth-order valence-corrected chi connectivity index (χ4v) is 4.29. The van der Waals surface area contributed by atoms with E-state index in [1.165, 1.54) is 0 Å². The quantitative estimate of drug-likeness (QED) is 0.516. The van der Waals surface area contributed by atoms with Crippen molar-refractivity contribution in [2.75, 3.05) is 31.6 Å². The van der Waals surface area contributed by atoms with E-state index in [9.17, 15) is 4.79 Å². The van der Waals surface area contributed by atoms with Crippen LogP contribution < -0.4 is 10.5 Å². The second-order valence-electron chi connectivity index (χ2n) is 8.40. The summed E-state index contributed by atoms with van der Waals surface area (Å²) in [5, 5.41) is 5.55. The van der Waals surface area contributed by atoms with E-state index in [1.807, 2.05) is 49.2 Å². The van der Waals surface area contributed by atoms with Crippen LogP contribution in [0.15, 0.2) is 47.5 Å². The minimum Gasteiger partial charge on any atom is -0.367 e. The third-order valence-corrected chi connectivity index (χ3v) is 6.18. The van der Waals surface area contributed by atoms with E-state index >= 15 is 0 Å². The molecule has 1 atom stereocenters. The fraction of sp³-hybridized carbons (Fsp3) is 0.348. The van der Waals surface area contributed by atoms with Gasteiger partial charge in [0.1, 0.15) is 5.65 Å². The van der Waals surface area contributed by atoms with Gasteiger partial charge < -0.3 is 9.80 Å². The first-order chi connectivity index (χ1) is 14.4. The van der Waals surface area contributed by atoms with Gasteiger partial charge >= 0.3 is 0 Å². The summed E-state index contributed by atoms with van der Waals surface area (Å²) >= 11 is 0. The highest BCUT2D eigenvalue weighted by molar-refractivity contribution is 5.86. The summed E-state index contributed by atoms with van der Waals surface area (Å²) in [5.41, 5.74) is 5.33. The molecule has 3 aromatic heterocycles. The van der Waals surface area contributed by atoms with Crippen LogP contribution in [0, 0.1) is 6.92 Å². The number of aryl methyl sites for hydroxylation is 2. The van der Waals surface area contributed by atoms with Gasteiger partial charge in [0.15, 0.2) is 0 Å². The number of anilines is 1. The van der Waals surface area contributed by atoms with Crippen LogP contribution in [0.1, 0.15) is 12.5 Å². The molecule has 154 valence electrons. The average Bonchev–Trinajstić information content (AvgIpc) is 3.10. The third kappa shape index (κ3) is 3.15. The third-order valence-electron chi connectivity index (χ3n) is 6.18. The summed E-state index contributed by atoms with van der Waals surface area (Å²) in [5.74, 6) is 0. The van der Waals surface area contributed by atoms with Crippen molar-refractivity contribution in [2.45, 2.75) is 19.9 Å². The number of hydrogen-bond donors (Lipinski definition) is 0. The van der Waals surface area contributed by atoms with Crippen molar-refractivity contribution in [3.05, 3.63) is 58.6 Å². The number of piperazine rings is 1. The van der Waals surface area contributed by atoms with Crippen LogP contribution in [0.2, 0.25) is 0 Å². The van der Waals surface area contributed by atoms with E-state index in [0.29, 0.717) is 17.4 Å². The Hall–Kier alpha value is -3.19. The van der Waals surface area contributed by atoms with E-state index in [-0.39, 0.29) is 5.56 Å². The molecule has 1 unspecified atom stereocenters. The second-order valence-corrected chi connectivity index (χ2v) is 8.40. The maximum absolute atomic E-state index is 13.0. The molecule has 0 saturated carbocycles. The largest absolute Gasteiger partial charge is 0.367 e. The van der Waals surface area contributed by atoms with Gasteiger partial charge in [0.2, 0.25) is 0 Å². The molecule has 0 radical (unpaired) electrons. The molecule has 5 rings (SSSR count). The molecule has 4 heterocycles. The smallest absolute Gasteiger partial charge is 0.258 e. The standard InChI is InChI=1S/C23H26N6O/c1-15-9-17(10-18-13-27(4)25-23(15)18)20-11-22(30)29-14-19(5-6-21(29)24-20)28-8-7-26(3)16(2)12-28/h5-6,9-11,13-14,16H,7-8,12H2,1-4H3. The zero-order valence-corrected chi connectivity index (χ0v) is 17.8. The second kappa shape index (κ2) is 6.95. The van der Waals surface area contributed by atoms with E-state index in [2.05, 4.69) is 34.9 Å². The maximum atomic E-state index is 13.0. The molecule has 0 N–H and O–H groups in total. The van der Waals surface area contributed by atoms with E-state index in [4.69, 9.17) is 4.98 Å². The molecule has 1 aliphatic rings. The topological polar surface area (TPSA) is 58.7 Å². The summed E-state index contributed by atoms with van der Waals surface area (Å²) in [6, 6.07) is 10.2. The highest BCUT2D eigenvalue weighted by Gasteiger charge is 2.21. The Morgan fingerprint density at radius 1 is 1.07 bits per heavy atom. The number of nitrogens with zero attached hydrogens (tertiary/aromatic N) is 6. The molecule has 4 aromatic rings. The summed E-state index contributed by atoms with van der Waals surface area (Å²) in [6.07, 6.45) is 3.91. The summed E-state index contributed by atoms with van der Waals surface area (Å²) < 4.78 is 3.46. The van der Waals surface area contributed by atoms with E-state index < -0.39 is 0 Å². The van der Waals surface area contributed by atoms with Crippen LogP contribution in [-0.2, 0) is 7.05 Å². The lowest BCUT2D eigenvalue weighted by Crippen LogP contribution is -2.50. The number of hydrogen-bond acceptors (Lipinski definition) is 5. The molecular formula is C23H26N6O. The predicted octanol–water partition coefficient (Wildman–Crippen LogP) is 2.70. The molecule has 1 aliphatic heterocycles. The summed E-state index contributed by atoms with van der Waals surface area (Å²) in [6.45, 7) is 7.19. The van der Waals surface area contributed by atoms with Gasteiger partial charge in [-0.3, -0.25) is 13.9 Å². The van der Waals surface area contributed by atoms with Crippen LogP contribution in [0.5, 0.6) is 0 Å². The SMILES string of the molecule is Cc1cc(-c2cc(=O)n3cc(N4CCN(C)C(C)C4)ccc3n2)cc2cn(C)nc12. The lowest BCUT2D eigenvalue weighted by atomic mass is 10.1. The van der Waals surface area contributed by atoms with Gasteiger partial charge in [-0.2, -0.15) is 5.10 Å². The Morgan fingerprint density at radius 2 is 1.90 bits per heavy atom. The van der Waals surface area contributed by atoms with Crippen molar-refractivity contribution < 1.29 is 0 Å². The Labute approximate surface area is 175 Å². The van der Waals surface area contributed by atoms with Crippen LogP contribution in [0.3, 0.4) is 0 Å². The first-order valence-electron chi connectivity index (χ1n) is 10.3. The minimum absolute atomic E-state index is 0.0667. The highest BCUT2D eigenvalue weighted by Crippen LogP contribution is 2.26. The van der Waals surface area contributed by atoms with Gasteiger partial charge in [0.25, 0.3) is 5.56 Å².